The predicted octanol–water partition coefficient (Wildman–Crippen LogP) is 3.78. The highest BCUT2D eigenvalue weighted by Gasteiger charge is 2.30. The molecule has 1 amide bonds. The van der Waals surface area contributed by atoms with Crippen LogP contribution in [0.25, 0.3) is 11.3 Å². The van der Waals surface area contributed by atoms with Crippen LogP contribution in [-0.2, 0) is 4.74 Å². The van der Waals surface area contributed by atoms with E-state index in [2.05, 4.69) is 10.2 Å². The van der Waals surface area contributed by atoms with Crippen molar-refractivity contribution in [3.05, 3.63) is 42.5 Å². The number of nitrogens with zero attached hydrogens (tertiary/aromatic N) is 3. The summed E-state index contributed by atoms with van der Waals surface area (Å²) in [4.78, 5) is 13.8. The van der Waals surface area contributed by atoms with E-state index in [0.717, 1.165) is 17.7 Å². The maximum Gasteiger partial charge on any atom is 0.410 e. The Hall–Kier alpha value is -2.63. The minimum atomic E-state index is -0.470. The number of hydrogen-bond donors (Lipinski definition) is 0. The second-order valence-electron chi connectivity index (χ2n) is 7.51. The highest BCUT2D eigenvalue weighted by atomic mass is 16.6. The van der Waals surface area contributed by atoms with Gasteiger partial charge in [-0.05, 0) is 33.3 Å². The van der Waals surface area contributed by atoms with E-state index < -0.39 is 5.60 Å². The van der Waals surface area contributed by atoms with Gasteiger partial charge in [0.1, 0.15) is 5.60 Å². The molecule has 3 rings (SSSR count). The van der Waals surface area contributed by atoms with Gasteiger partial charge in [-0.25, -0.2) is 4.79 Å². The molecule has 1 aliphatic rings. The fraction of sp³-hybridized carbons (Fsp3) is 0.450. The summed E-state index contributed by atoms with van der Waals surface area (Å²) in [5.41, 5.74) is 1.37. The molecule has 0 spiro atoms. The van der Waals surface area contributed by atoms with Gasteiger partial charge in [-0.15, -0.1) is 10.2 Å². The summed E-state index contributed by atoms with van der Waals surface area (Å²) in [5, 5.41) is 8.36. The Kier molecular flexibility index (Phi) is 5.40. The minimum Gasteiger partial charge on any atom is -0.476 e. The standard InChI is InChI=1S/C20H25N3O3/c1-20(2,3)26-19(24)23-12-11-15(13-23)14-25-18-10-9-17(21-22-18)16-7-5-4-6-8-16/h4-10,15H,11-14H2,1-3H3. The maximum atomic E-state index is 12.1. The number of amides is 1. The summed E-state index contributed by atoms with van der Waals surface area (Å²) >= 11 is 0. The van der Waals surface area contributed by atoms with Crippen molar-refractivity contribution in [2.75, 3.05) is 19.7 Å². The van der Waals surface area contributed by atoms with Gasteiger partial charge < -0.3 is 14.4 Å². The molecule has 1 aromatic carbocycles. The van der Waals surface area contributed by atoms with Gasteiger partial charge in [-0.1, -0.05) is 30.3 Å². The normalized spacial score (nSPS) is 17.2. The van der Waals surface area contributed by atoms with E-state index in [1.54, 1.807) is 4.90 Å². The number of rotatable bonds is 4. The molecule has 6 nitrogen and oxygen atoms in total. The molecular formula is C20H25N3O3. The van der Waals surface area contributed by atoms with Crippen LogP contribution in [0.4, 0.5) is 4.79 Å². The average molecular weight is 355 g/mol. The monoisotopic (exact) mass is 355 g/mol. The van der Waals surface area contributed by atoms with E-state index in [1.807, 2.05) is 63.2 Å². The molecule has 0 aliphatic carbocycles. The van der Waals surface area contributed by atoms with Crippen molar-refractivity contribution in [1.82, 2.24) is 15.1 Å². The quantitative estimate of drug-likeness (QED) is 0.835. The molecule has 1 atom stereocenters. The fourth-order valence-corrected chi connectivity index (χ4v) is 2.82. The number of ether oxygens (including phenoxy) is 2. The predicted molar refractivity (Wildman–Crippen MR) is 98.9 cm³/mol. The van der Waals surface area contributed by atoms with Gasteiger partial charge in [-0.3, -0.25) is 0 Å². The van der Waals surface area contributed by atoms with Crippen LogP contribution in [0.5, 0.6) is 5.88 Å². The van der Waals surface area contributed by atoms with Crippen molar-refractivity contribution in [2.24, 2.45) is 5.92 Å². The van der Waals surface area contributed by atoms with Crippen LogP contribution in [0.1, 0.15) is 27.2 Å². The van der Waals surface area contributed by atoms with Crippen LogP contribution < -0.4 is 4.74 Å². The molecule has 1 unspecified atom stereocenters. The van der Waals surface area contributed by atoms with E-state index in [-0.39, 0.29) is 12.0 Å². The number of carbonyl (C=O) groups excluding carboxylic acids is 1. The third kappa shape index (κ3) is 4.94. The highest BCUT2D eigenvalue weighted by molar-refractivity contribution is 5.68. The first kappa shape index (κ1) is 18.2. The first-order valence-corrected chi connectivity index (χ1v) is 8.90. The van der Waals surface area contributed by atoms with Crippen molar-refractivity contribution in [2.45, 2.75) is 32.8 Å². The lowest BCUT2D eigenvalue weighted by atomic mass is 10.1. The van der Waals surface area contributed by atoms with E-state index >= 15 is 0 Å². The number of hydrogen-bond acceptors (Lipinski definition) is 5. The average Bonchev–Trinajstić information content (AvgIpc) is 3.09. The van der Waals surface area contributed by atoms with Crippen LogP contribution in [0, 0.1) is 5.92 Å². The summed E-state index contributed by atoms with van der Waals surface area (Å²) < 4.78 is 11.2. The molecule has 26 heavy (non-hydrogen) atoms. The zero-order valence-electron chi connectivity index (χ0n) is 15.5. The second-order valence-corrected chi connectivity index (χ2v) is 7.51. The Morgan fingerprint density at radius 1 is 1.15 bits per heavy atom. The molecular weight excluding hydrogens is 330 g/mol. The molecule has 1 saturated heterocycles. The van der Waals surface area contributed by atoms with E-state index in [1.165, 1.54) is 0 Å². The van der Waals surface area contributed by atoms with E-state index in [4.69, 9.17) is 9.47 Å². The SMILES string of the molecule is CC(C)(C)OC(=O)N1CCC(COc2ccc(-c3ccccc3)nn2)C1. The molecule has 2 aromatic rings. The molecule has 0 radical (unpaired) electrons. The number of carbonyl (C=O) groups is 1. The summed E-state index contributed by atoms with van der Waals surface area (Å²) in [7, 11) is 0. The number of benzene rings is 1. The maximum absolute atomic E-state index is 12.1. The minimum absolute atomic E-state index is 0.257. The first-order valence-electron chi connectivity index (χ1n) is 8.90. The summed E-state index contributed by atoms with van der Waals surface area (Å²) in [6.45, 7) is 7.47. The van der Waals surface area contributed by atoms with Crippen LogP contribution in [0.15, 0.2) is 42.5 Å². The van der Waals surface area contributed by atoms with Gasteiger partial charge in [-0.2, -0.15) is 0 Å². The Morgan fingerprint density at radius 2 is 1.92 bits per heavy atom. The van der Waals surface area contributed by atoms with Gasteiger partial charge in [0.2, 0.25) is 5.88 Å². The van der Waals surface area contributed by atoms with Crippen molar-refractivity contribution in [3.8, 4) is 17.1 Å². The van der Waals surface area contributed by atoms with Gasteiger partial charge in [0.15, 0.2) is 0 Å². The lowest BCUT2D eigenvalue weighted by Crippen LogP contribution is -2.35. The van der Waals surface area contributed by atoms with E-state index in [9.17, 15) is 4.79 Å². The van der Waals surface area contributed by atoms with Crippen molar-refractivity contribution in [1.29, 1.82) is 0 Å². The molecule has 0 N–H and O–H groups in total. The Labute approximate surface area is 154 Å². The Bertz CT molecular complexity index is 726. The molecule has 138 valence electrons. The van der Waals surface area contributed by atoms with Gasteiger partial charge in [0, 0.05) is 30.6 Å². The van der Waals surface area contributed by atoms with Crippen molar-refractivity contribution >= 4 is 6.09 Å². The Morgan fingerprint density at radius 3 is 2.58 bits per heavy atom. The van der Waals surface area contributed by atoms with Gasteiger partial charge in [0.05, 0.1) is 12.3 Å². The number of aromatic nitrogens is 2. The third-order valence-corrected chi connectivity index (χ3v) is 4.11. The largest absolute Gasteiger partial charge is 0.476 e. The third-order valence-electron chi connectivity index (χ3n) is 4.11. The number of likely N-dealkylation sites (tertiary alicyclic amines) is 1. The Balaban J connectivity index is 1.48. The lowest BCUT2D eigenvalue weighted by molar-refractivity contribution is 0.0284. The molecule has 1 fully saturated rings. The van der Waals surface area contributed by atoms with Gasteiger partial charge >= 0.3 is 6.09 Å². The van der Waals surface area contributed by atoms with E-state index in [0.29, 0.717) is 25.6 Å². The smallest absolute Gasteiger partial charge is 0.410 e. The summed E-state index contributed by atoms with van der Waals surface area (Å²) in [6.07, 6.45) is 0.640. The molecule has 0 saturated carbocycles. The first-order chi connectivity index (χ1) is 12.4. The van der Waals surface area contributed by atoms with Crippen LogP contribution >= 0.6 is 0 Å². The lowest BCUT2D eigenvalue weighted by Gasteiger charge is -2.24. The summed E-state index contributed by atoms with van der Waals surface area (Å²) in [6, 6.07) is 13.6. The van der Waals surface area contributed by atoms with Crippen LogP contribution in [-0.4, -0.2) is 46.5 Å². The fourth-order valence-electron chi connectivity index (χ4n) is 2.82. The van der Waals surface area contributed by atoms with Crippen LogP contribution in [0.3, 0.4) is 0 Å². The highest BCUT2D eigenvalue weighted by Crippen LogP contribution is 2.21. The molecule has 0 bridgehead atoms. The zero-order valence-corrected chi connectivity index (χ0v) is 15.5. The molecule has 1 aromatic heterocycles. The topological polar surface area (TPSA) is 64.5 Å². The second kappa shape index (κ2) is 7.72. The van der Waals surface area contributed by atoms with Crippen molar-refractivity contribution in [3.63, 3.8) is 0 Å². The molecule has 2 heterocycles. The zero-order chi connectivity index (χ0) is 18.6. The molecule has 1 aliphatic heterocycles. The summed E-state index contributed by atoms with van der Waals surface area (Å²) in [5.74, 6) is 0.776. The molecule has 6 heteroatoms. The van der Waals surface area contributed by atoms with Gasteiger partial charge in [0.25, 0.3) is 0 Å². The van der Waals surface area contributed by atoms with Crippen molar-refractivity contribution < 1.29 is 14.3 Å². The van der Waals surface area contributed by atoms with Crippen LogP contribution in [0.2, 0.25) is 0 Å².